The summed E-state index contributed by atoms with van der Waals surface area (Å²) in [7, 11) is 0. The molecule has 0 aliphatic carbocycles. The lowest BCUT2D eigenvalue weighted by Gasteiger charge is -2.02. The Labute approximate surface area is 70.1 Å². The lowest BCUT2D eigenvalue weighted by Crippen LogP contribution is -2.04. The van der Waals surface area contributed by atoms with Crippen molar-refractivity contribution in [3.05, 3.63) is 6.33 Å². The van der Waals surface area contributed by atoms with Gasteiger partial charge in [-0.05, 0) is 0 Å². The highest BCUT2D eigenvalue weighted by Crippen LogP contribution is 2.20. The molecular weight excluding hydrogens is 154 g/mol. The van der Waals surface area contributed by atoms with Crippen molar-refractivity contribution in [2.75, 3.05) is 36.0 Å². The second kappa shape index (κ2) is 2.06. The summed E-state index contributed by atoms with van der Waals surface area (Å²) in [4.78, 5) is 16.7. The molecule has 0 amide bonds. The molecule has 3 rings (SSSR count). The summed E-state index contributed by atoms with van der Waals surface area (Å²) in [6.07, 6.45) is 1.59. The molecule has 1 aromatic heterocycles. The molecule has 0 saturated carbocycles. The molecule has 2 aliphatic heterocycles. The first-order chi connectivity index (χ1) is 5.93. The smallest absolute Gasteiger partial charge is 0.230 e. The van der Waals surface area contributed by atoms with Gasteiger partial charge in [-0.3, -0.25) is 0 Å². The Morgan fingerprint density at radius 3 is 1.83 bits per heavy atom. The highest BCUT2D eigenvalue weighted by Gasteiger charge is 2.25. The van der Waals surface area contributed by atoms with E-state index in [1.165, 1.54) is 0 Å². The van der Waals surface area contributed by atoms with E-state index in [2.05, 4.69) is 24.8 Å². The monoisotopic (exact) mass is 163 g/mol. The molecule has 62 valence electrons. The number of nitrogens with zero attached hydrogens (tertiary/aromatic N) is 5. The van der Waals surface area contributed by atoms with Crippen molar-refractivity contribution in [1.82, 2.24) is 15.0 Å². The van der Waals surface area contributed by atoms with Crippen molar-refractivity contribution >= 4 is 11.9 Å². The van der Waals surface area contributed by atoms with Crippen LogP contribution >= 0.6 is 0 Å². The molecule has 5 nitrogen and oxygen atoms in total. The molecule has 1 aromatic rings. The van der Waals surface area contributed by atoms with E-state index in [9.17, 15) is 0 Å². The van der Waals surface area contributed by atoms with Crippen molar-refractivity contribution in [3.8, 4) is 0 Å². The lowest BCUT2D eigenvalue weighted by atomic mass is 10.8. The third-order valence-corrected chi connectivity index (χ3v) is 2.01. The van der Waals surface area contributed by atoms with Gasteiger partial charge in [0.05, 0.1) is 0 Å². The molecule has 0 radical (unpaired) electrons. The topological polar surface area (TPSA) is 44.7 Å². The molecule has 2 fully saturated rings. The lowest BCUT2D eigenvalue weighted by molar-refractivity contribution is 1.000. The number of hydrogen-bond acceptors (Lipinski definition) is 5. The highest BCUT2D eigenvalue weighted by atomic mass is 15.4. The molecule has 0 atom stereocenters. The third-order valence-electron chi connectivity index (χ3n) is 2.01. The van der Waals surface area contributed by atoms with Gasteiger partial charge in [0.1, 0.15) is 6.33 Å². The van der Waals surface area contributed by atoms with E-state index in [0.717, 1.165) is 38.1 Å². The normalized spacial score (nSPS) is 19.7. The predicted molar refractivity (Wildman–Crippen MR) is 44.3 cm³/mol. The van der Waals surface area contributed by atoms with Crippen LogP contribution in [0.4, 0.5) is 11.9 Å². The number of anilines is 2. The number of rotatable bonds is 2. The van der Waals surface area contributed by atoms with Gasteiger partial charge < -0.3 is 9.80 Å². The molecule has 0 bridgehead atoms. The van der Waals surface area contributed by atoms with Crippen molar-refractivity contribution in [3.63, 3.8) is 0 Å². The van der Waals surface area contributed by atoms with E-state index < -0.39 is 0 Å². The summed E-state index contributed by atoms with van der Waals surface area (Å²) in [6, 6.07) is 0. The molecule has 0 N–H and O–H groups in total. The van der Waals surface area contributed by atoms with Gasteiger partial charge in [0, 0.05) is 26.2 Å². The Hall–Kier alpha value is -1.39. The van der Waals surface area contributed by atoms with Crippen LogP contribution in [0.3, 0.4) is 0 Å². The van der Waals surface area contributed by atoms with Crippen LogP contribution in [-0.4, -0.2) is 41.1 Å². The van der Waals surface area contributed by atoms with Crippen LogP contribution in [-0.2, 0) is 0 Å². The first-order valence-corrected chi connectivity index (χ1v) is 4.12. The minimum absolute atomic E-state index is 0.826. The first kappa shape index (κ1) is 6.16. The summed E-state index contributed by atoms with van der Waals surface area (Å²) in [5, 5.41) is 0. The van der Waals surface area contributed by atoms with Crippen LogP contribution in [0.1, 0.15) is 0 Å². The van der Waals surface area contributed by atoms with Gasteiger partial charge in [-0.1, -0.05) is 0 Å². The highest BCUT2D eigenvalue weighted by molar-refractivity contribution is 5.44. The fourth-order valence-electron chi connectivity index (χ4n) is 1.08. The van der Waals surface area contributed by atoms with Crippen molar-refractivity contribution in [2.45, 2.75) is 0 Å². The standard InChI is InChI=1S/C7H9N5/c1-2-11(1)6-8-5-9-7(10-6)12-3-4-12/h5H,1-4H2. The van der Waals surface area contributed by atoms with Crippen LogP contribution in [0.2, 0.25) is 0 Å². The third kappa shape index (κ3) is 0.975. The molecule has 0 aromatic carbocycles. The molecule has 2 saturated heterocycles. The molecular formula is C7H9N5. The van der Waals surface area contributed by atoms with Crippen LogP contribution < -0.4 is 9.80 Å². The molecule has 5 heteroatoms. The van der Waals surface area contributed by atoms with E-state index in [-0.39, 0.29) is 0 Å². The Morgan fingerprint density at radius 2 is 1.42 bits per heavy atom. The summed E-state index contributed by atoms with van der Waals surface area (Å²) in [5.74, 6) is 1.65. The van der Waals surface area contributed by atoms with Crippen molar-refractivity contribution < 1.29 is 0 Å². The molecule has 0 unspecified atom stereocenters. The van der Waals surface area contributed by atoms with Gasteiger partial charge in [-0.2, -0.15) is 4.98 Å². The van der Waals surface area contributed by atoms with E-state index in [1.54, 1.807) is 6.33 Å². The predicted octanol–water partition coefficient (Wildman–Crippen LogP) is -0.488. The maximum Gasteiger partial charge on any atom is 0.230 e. The quantitative estimate of drug-likeness (QED) is 0.550. The fraction of sp³-hybridized carbons (Fsp3) is 0.571. The molecule has 12 heavy (non-hydrogen) atoms. The number of hydrogen-bond donors (Lipinski definition) is 0. The average Bonchev–Trinajstić information content (AvgIpc) is 2.98. The van der Waals surface area contributed by atoms with E-state index in [1.807, 2.05) is 0 Å². The zero-order valence-corrected chi connectivity index (χ0v) is 6.64. The number of aromatic nitrogens is 3. The maximum absolute atomic E-state index is 4.33. The van der Waals surface area contributed by atoms with E-state index in [4.69, 9.17) is 0 Å². The van der Waals surface area contributed by atoms with Gasteiger partial charge >= 0.3 is 0 Å². The minimum atomic E-state index is 0.826. The van der Waals surface area contributed by atoms with Gasteiger partial charge in [0.25, 0.3) is 0 Å². The van der Waals surface area contributed by atoms with E-state index in [0.29, 0.717) is 0 Å². The largest absolute Gasteiger partial charge is 0.337 e. The maximum atomic E-state index is 4.33. The van der Waals surface area contributed by atoms with Crippen LogP contribution in [0, 0.1) is 0 Å². The van der Waals surface area contributed by atoms with Gasteiger partial charge in [0.2, 0.25) is 11.9 Å². The van der Waals surface area contributed by atoms with Gasteiger partial charge in [0.15, 0.2) is 0 Å². The van der Waals surface area contributed by atoms with Crippen LogP contribution in [0.15, 0.2) is 6.33 Å². The van der Waals surface area contributed by atoms with Gasteiger partial charge in [-0.15, -0.1) is 0 Å². The van der Waals surface area contributed by atoms with E-state index >= 15 is 0 Å². The van der Waals surface area contributed by atoms with Gasteiger partial charge in [-0.25, -0.2) is 9.97 Å². The Kier molecular flexibility index (Phi) is 1.06. The van der Waals surface area contributed by atoms with Crippen molar-refractivity contribution in [1.29, 1.82) is 0 Å². The Morgan fingerprint density at radius 1 is 0.917 bits per heavy atom. The first-order valence-electron chi connectivity index (χ1n) is 4.12. The second-order valence-electron chi connectivity index (χ2n) is 3.06. The Bertz CT molecular complexity index is 277. The SMILES string of the molecule is c1nc(N2CC2)nc(N2CC2)n1. The Balaban J connectivity index is 1.93. The summed E-state index contributed by atoms with van der Waals surface area (Å²) >= 11 is 0. The van der Waals surface area contributed by atoms with Crippen molar-refractivity contribution in [2.24, 2.45) is 0 Å². The molecule has 3 heterocycles. The summed E-state index contributed by atoms with van der Waals surface area (Å²) < 4.78 is 0. The fourth-order valence-corrected chi connectivity index (χ4v) is 1.08. The zero-order valence-electron chi connectivity index (χ0n) is 6.64. The molecule has 2 aliphatic rings. The summed E-state index contributed by atoms with van der Waals surface area (Å²) in [5.41, 5.74) is 0. The average molecular weight is 163 g/mol. The van der Waals surface area contributed by atoms with Crippen LogP contribution in [0.25, 0.3) is 0 Å². The zero-order chi connectivity index (χ0) is 7.97. The molecule has 0 spiro atoms. The second-order valence-corrected chi connectivity index (χ2v) is 3.06. The van der Waals surface area contributed by atoms with Crippen LogP contribution in [0.5, 0.6) is 0 Å². The summed E-state index contributed by atoms with van der Waals surface area (Å²) in [6.45, 7) is 4.35. The minimum Gasteiger partial charge on any atom is -0.337 e.